The number of hydrogen-bond donors (Lipinski definition) is 2. The van der Waals surface area contributed by atoms with Gasteiger partial charge in [0.15, 0.2) is 0 Å². The van der Waals surface area contributed by atoms with Gasteiger partial charge in [0, 0.05) is 0 Å². The van der Waals surface area contributed by atoms with Gasteiger partial charge in [-0.25, -0.2) is 9.37 Å². The Hall–Kier alpha value is -0.910. The van der Waals surface area contributed by atoms with Crippen LogP contribution in [0.15, 0.2) is 18.3 Å². The Morgan fingerprint density at radius 3 is 2.74 bits per heavy atom. The molecule has 1 fully saturated rings. The van der Waals surface area contributed by atoms with E-state index in [1.165, 1.54) is 12.1 Å². The summed E-state index contributed by atoms with van der Waals surface area (Å²) in [5.41, 5.74) is -0.490. The Morgan fingerprint density at radius 2 is 2.26 bits per heavy atom. The van der Waals surface area contributed by atoms with Crippen LogP contribution in [0, 0.1) is 5.82 Å². The number of nitrogens with zero attached hydrogens (tertiary/aromatic N) is 1. The largest absolute Gasteiger partial charge is 0.309 e. The first-order chi connectivity index (χ1) is 8.16. The molecule has 7 heteroatoms. The summed E-state index contributed by atoms with van der Waals surface area (Å²) in [6, 6.07) is 2.74. The molecular weight excluding hydrogens is 292 g/mol. The highest BCUT2D eigenvalue weighted by Crippen LogP contribution is 2.24. The molecule has 1 atom stereocenters. The molecule has 1 aliphatic heterocycles. The van der Waals surface area contributed by atoms with Crippen molar-refractivity contribution in [3.63, 3.8) is 0 Å². The zero-order valence-corrected chi connectivity index (χ0v) is 12.2. The van der Waals surface area contributed by atoms with Crippen LogP contribution in [-0.2, 0) is 4.79 Å². The molecule has 1 aliphatic rings. The second-order valence-corrected chi connectivity index (χ2v) is 4.28. The smallest absolute Gasteiger partial charge is 0.245 e. The number of hydrogen-bond acceptors (Lipinski definition) is 3. The van der Waals surface area contributed by atoms with E-state index >= 15 is 0 Å². The molecule has 0 saturated carbocycles. The number of aromatic nitrogens is 1. The summed E-state index contributed by atoms with van der Waals surface area (Å²) in [5, 5.41) is 5.96. The van der Waals surface area contributed by atoms with E-state index in [4.69, 9.17) is 0 Å². The summed E-state index contributed by atoms with van der Waals surface area (Å²) >= 11 is 0. The van der Waals surface area contributed by atoms with Crippen LogP contribution in [0.5, 0.6) is 0 Å². The summed E-state index contributed by atoms with van der Waals surface area (Å²) in [5.74, 6) is -0.110. The Balaban J connectivity index is 0.00000162. The van der Waals surface area contributed by atoms with Crippen molar-refractivity contribution in [1.29, 1.82) is 0 Å². The molecule has 2 N–H and O–H groups in total. The quantitative estimate of drug-likeness (QED) is 0.902. The molecule has 1 amide bonds. The molecule has 0 aliphatic carbocycles. The highest BCUT2D eigenvalue weighted by atomic mass is 35.5. The van der Waals surface area contributed by atoms with Gasteiger partial charge < -0.3 is 10.6 Å². The van der Waals surface area contributed by atoms with E-state index in [1.807, 2.05) is 6.92 Å². The van der Waals surface area contributed by atoms with Crippen LogP contribution in [0.3, 0.4) is 0 Å². The monoisotopic (exact) mass is 309 g/mol. The van der Waals surface area contributed by atoms with Gasteiger partial charge in [-0.1, -0.05) is 6.92 Å². The van der Waals surface area contributed by atoms with Crippen LogP contribution in [0.25, 0.3) is 0 Å². The van der Waals surface area contributed by atoms with Crippen molar-refractivity contribution in [3.05, 3.63) is 24.1 Å². The zero-order chi connectivity index (χ0) is 12.3. The fourth-order valence-electron chi connectivity index (χ4n) is 2.15. The van der Waals surface area contributed by atoms with E-state index in [-0.39, 0.29) is 30.7 Å². The molecule has 1 aromatic heterocycles. The second-order valence-electron chi connectivity index (χ2n) is 4.28. The molecule has 0 bridgehead atoms. The molecule has 108 valence electrons. The molecule has 1 aromatic rings. The summed E-state index contributed by atoms with van der Waals surface area (Å²) in [4.78, 5) is 16.0. The lowest BCUT2D eigenvalue weighted by molar-refractivity contribution is -0.122. The van der Waals surface area contributed by atoms with Gasteiger partial charge in [0.1, 0.15) is 11.6 Å². The van der Waals surface area contributed by atoms with Crippen molar-refractivity contribution >= 4 is 36.5 Å². The summed E-state index contributed by atoms with van der Waals surface area (Å²) in [7, 11) is 0. The second kappa shape index (κ2) is 7.62. The lowest BCUT2D eigenvalue weighted by Gasteiger charge is -2.26. The Morgan fingerprint density at radius 1 is 1.53 bits per heavy atom. The van der Waals surface area contributed by atoms with Gasteiger partial charge in [-0.05, 0) is 37.9 Å². The average molecular weight is 310 g/mol. The van der Waals surface area contributed by atoms with Crippen molar-refractivity contribution in [2.24, 2.45) is 0 Å². The molecule has 0 spiro atoms. The van der Waals surface area contributed by atoms with Crippen LogP contribution < -0.4 is 10.6 Å². The van der Waals surface area contributed by atoms with E-state index in [0.29, 0.717) is 5.82 Å². The standard InChI is InChI=1S/C12H16FN3O.2ClH/c1-2-12(6-3-7-15-12)11(17)16-10-5-4-9(13)8-14-10;;/h4-5,8,15H,2-3,6-7H2,1H3,(H,14,16,17);2*1H. The number of nitrogens with one attached hydrogen (secondary N) is 2. The van der Waals surface area contributed by atoms with Crippen LogP contribution in [0.4, 0.5) is 10.2 Å². The van der Waals surface area contributed by atoms with Crippen molar-refractivity contribution in [2.45, 2.75) is 31.7 Å². The van der Waals surface area contributed by atoms with Gasteiger partial charge in [-0.2, -0.15) is 0 Å². The molecule has 2 rings (SSSR count). The average Bonchev–Trinajstić information content (AvgIpc) is 2.82. The number of amides is 1. The van der Waals surface area contributed by atoms with Crippen LogP contribution in [-0.4, -0.2) is 23.0 Å². The predicted molar refractivity (Wildman–Crippen MR) is 77.6 cm³/mol. The highest BCUT2D eigenvalue weighted by Gasteiger charge is 2.39. The number of pyridine rings is 1. The molecule has 1 unspecified atom stereocenters. The van der Waals surface area contributed by atoms with Crippen LogP contribution in [0.1, 0.15) is 26.2 Å². The Bertz CT molecular complexity index is 408. The molecule has 2 heterocycles. The lowest BCUT2D eigenvalue weighted by Crippen LogP contribution is -2.50. The molecule has 19 heavy (non-hydrogen) atoms. The third-order valence-electron chi connectivity index (χ3n) is 3.25. The maximum absolute atomic E-state index is 12.7. The third kappa shape index (κ3) is 4.03. The summed E-state index contributed by atoms with van der Waals surface area (Å²) in [6.45, 7) is 2.84. The third-order valence-corrected chi connectivity index (χ3v) is 3.25. The van der Waals surface area contributed by atoms with Crippen molar-refractivity contribution in [2.75, 3.05) is 11.9 Å². The van der Waals surface area contributed by atoms with Gasteiger partial charge in [-0.3, -0.25) is 4.79 Å². The number of carbonyl (C=O) groups is 1. The van der Waals surface area contributed by atoms with Crippen molar-refractivity contribution in [1.82, 2.24) is 10.3 Å². The van der Waals surface area contributed by atoms with Gasteiger partial charge in [0.2, 0.25) is 5.91 Å². The number of halogens is 3. The topological polar surface area (TPSA) is 54.0 Å². The van der Waals surface area contributed by atoms with Gasteiger partial charge in [-0.15, -0.1) is 24.8 Å². The summed E-state index contributed by atoms with van der Waals surface area (Å²) in [6.07, 6.45) is 3.66. The molecule has 4 nitrogen and oxygen atoms in total. The minimum absolute atomic E-state index is 0. The highest BCUT2D eigenvalue weighted by molar-refractivity contribution is 5.97. The van der Waals surface area contributed by atoms with E-state index in [2.05, 4.69) is 15.6 Å². The van der Waals surface area contributed by atoms with Crippen molar-refractivity contribution < 1.29 is 9.18 Å². The predicted octanol–water partition coefficient (Wildman–Crippen LogP) is 2.54. The number of rotatable bonds is 3. The normalized spacial score (nSPS) is 21.2. The van der Waals surface area contributed by atoms with E-state index in [0.717, 1.165) is 32.0 Å². The number of carbonyl (C=O) groups excluding carboxylic acids is 1. The molecule has 0 aromatic carbocycles. The van der Waals surface area contributed by atoms with Crippen LogP contribution in [0.2, 0.25) is 0 Å². The fourth-order valence-corrected chi connectivity index (χ4v) is 2.15. The van der Waals surface area contributed by atoms with Crippen molar-refractivity contribution in [3.8, 4) is 0 Å². The maximum Gasteiger partial charge on any atom is 0.245 e. The SMILES string of the molecule is CCC1(C(=O)Nc2ccc(F)cn2)CCCN1.Cl.Cl. The minimum Gasteiger partial charge on any atom is -0.309 e. The lowest BCUT2D eigenvalue weighted by atomic mass is 9.93. The molecular formula is C12H18Cl2FN3O. The van der Waals surface area contributed by atoms with Gasteiger partial charge in [0.05, 0.1) is 11.7 Å². The van der Waals surface area contributed by atoms with Crippen LogP contribution >= 0.6 is 24.8 Å². The van der Waals surface area contributed by atoms with E-state index < -0.39 is 11.4 Å². The molecule has 1 saturated heterocycles. The van der Waals surface area contributed by atoms with E-state index in [9.17, 15) is 9.18 Å². The molecule has 0 radical (unpaired) electrons. The number of anilines is 1. The van der Waals surface area contributed by atoms with Gasteiger partial charge in [0.25, 0.3) is 0 Å². The Kier molecular flexibility index (Phi) is 7.26. The fraction of sp³-hybridized carbons (Fsp3) is 0.500. The summed E-state index contributed by atoms with van der Waals surface area (Å²) < 4.78 is 12.7. The Labute approximate surface area is 124 Å². The minimum atomic E-state index is -0.490. The first-order valence-electron chi connectivity index (χ1n) is 5.84. The maximum atomic E-state index is 12.7. The first kappa shape index (κ1) is 18.1. The van der Waals surface area contributed by atoms with E-state index in [1.54, 1.807) is 0 Å². The van der Waals surface area contributed by atoms with Gasteiger partial charge >= 0.3 is 0 Å². The zero-order valence-electron chi connectivity index (χ0n) is 10.6. The first-order valence-corrected chi connectivity index (χ1v) is 5.84.